The number of hydrogen-bond donors (Lipinski definition) is 0. The number of nitrogens with zero attached hydrogens (tertiary/aromatic N) is 2. The third kappa shape index (κ3) is 3.82. The summed E-state index contributed by atoms with van der Waals surface area (Å²) >= 11 is 0. The standard InChI is InChI=1S/C7H18N2O/c1-5-8(2)9(3)6-7-10-4/h5-7H2,1-4H3. The molecule has 10 heavy (non-hydrogen) atoms. The molecule has 0 atom stereocenters. The first-order valence-corrected chi connectivity index (χ1v) is 3.63. The maximum absolute atomic E-state index is 4.94. The van der Waals surface area contributed by atoms with Crippen LogP contribution >= 0.6 is 0 Å². The number of hydrogen-bond acceptors (Lipinski definition) is 3. The predicted molar refractivity (Wildman–Crippen MR) is 42.8 cm³/mol. The molecule has 0 unspecified atom stereocenters. The molecule has 0 aliphatic heterocycles. The van der Waals surface area contributed by atoms with Crippen molar-refractivity contribution < 1.29 is 4.74 Å². The van der Waals surface area contributed by atoms with E-state index in [0.29, 0.717) is 0 Å². The lowest BCUT2D eigenvalue weighted by Gasteiger charge is -2.26. The van der Waals surface area contributed by atoms with Crippen LogP contribution in [0.5, 0.6) is 0 Å². The van der Waals surface area contributed by atoms with Crippen molar-refractivity contribution >= 4 is 0 Å². The summed E-state index contributed by atoms with van der Waals surface area (Å²) in [6.45, 7) is 4.92. The first-order valence-electron chi connectivity index (χ1n) is 3.63. The Morgan fingerprint density at radius 1 is 1.20 bits per heavy atom. The minimum Gasteiger partial charge on any atom is -0.383 e. The van der Waals surface area contributed by atoms with E-state index in [-0.39, 0.29) is 0 Å². The lowest BCUT2D eigenvalue weighted by molar-refractivity contribution is 0.0107. The van der Waals surface area contributed by atoms with Crippen LogP contribution in [0.2, 0.25) is 0 Å². The number of rotatable bonds is 5. The van der Waals surface area contributed by atoms with Crippen LogP contribution in [-0.2, 0) is 4.74 Å². The molecule has 0 saturated carbocycles. The van der Waals surface area contributed by atoms with Gasteiger partial charge in [-0.1, -0.05) is 6.92 Å². The Balaban J connectivity index is 3.31. The van der Waals surface area contributed by atoms with E-state index in [2.05, 4.69) is 31.0 Å². The van der Waals surface area contributed by atoms with Crippen LogP contribution in [0, 0.1) is 0 Å². The van der Waals surface area contributed by atoms with Crippen LogP contribution in [0.3, 0.4) is 0 Å². The average Bonchev–Trinajstić information content (AvgIpc) is 1.98. The van der Waals surface area contributed by atoms with Crippen molar-refractivity contribution in [3.8, 4) is 0 Å². The van der Waals surface area contributed by atoms with Crippen molar-refractivity contribution in [1.29, 1.82) is 0 Å². The zero-order chi connectivity index (χ0) is 7.98. The van der Waals surface area contributed by atoms with Crippen molar-refractivity contribution in [2.45, 2.75) is 6.92 Å². The van der Waals surface area contributed by atoms with E-state index >= 15 is 0 Å². The zero-order valence-corrected chi connectivity index (χ0v) is 7.42. The second kappa shape index (κ2) is 5.65. The Kier molecular flexibility index (Phi) is 5.58. The summed E-state index contributed by atoms with van der Waals surface area (Å²) in [7, 11) is 5.85. The molecule has 3 heteroatoms. The highest BCUT2D eigenvalue weighted by Gasteiger charge is 2.00. The molecule has 0 fully saturated rings. The molecule has 3 nitrogen and oxygen atoms in total. The average molecular weight is 146 g/mol. The van der Waals surface area contributed by atoms with E-state index in [1.165, 1.54) is 0 Å². The number of ether oxygens (including phenoxy) is 1. The van der Waals surface area contributed by atoms with Crippen molar-refractivity contribution in [3.05, 3.63) is 0 Å². The fourth-order valence-electron chi connectivity index (χ4n) is 0.636. The van der Waals surface area contributed by atoms with Crippen molar-refractivity contribution in [2.75, 3.05) is 40.9 Å². The minimum atomic E-state index is 0.792. The molecule has 0 saturated heterocycles. The van der Waals surface area contributed by atoms with E-state index in [1.807, 2.05) is 0 Å². The largest absolute Gasteiger partial charge is 0.383 e. The normalized spacial score (nSPS) is 11.4. The highest BCUT2D eigenvalue weighted by Crippen LogP contribution is 1.87. The minimum absolute atomic E-state index is 0.792. The molecular formula is C7H18N2O. The SMILES string of the molecule is CCN(C)N(C)CCOC. The zero-order valence-electron chi connectivity index (χ0n) is 7.42. The van der Waals surface area contributed by atoms with Crippen LogP contribution in [0.25, 0.3) is 0 Å². The molecule has 0 radical (unpaired) electrons. The summed E-state index contributed by atoms with van der Waals surface area (Å²) in [6.07, 6.45) is 0. The van der Waals surface area contributed by atoms with Crippen LogP contribution in [-0.4, -0.2) is 50.9 Å². The van der Waals surface area contributed by atoms with Gasteiger partial charge in [0.1, 0.15) is 0 Å². The molecule has 0 aromatic carbocycles. The smallest absolute Gasteiger partial charge is 0.0603 e. The first-order chi connectivity index (χ1) is 4.72. The fraction of sp³-hybridized carbons (Fsp3) is 1.00. The molecule has 0 aliphatic rings. The monoisotopic (exact) mass is 146 g/mol. The van der Waals surface area contributed by atoms with E-state index in [1.54, 1.807) is 7.11 Å². The summed E-state index contributed by atoms with van der Waals surface area (Å²) in [5.41, 5.74) is 0. The molecule has 0 aromatic rings. The molecule has 0 bridgehead atoms. The van der Waals surface area contributed by atoms with Crippen molar-refractivity contribution in [3.63, 3.8) is 0 Å². The second-order valence-electron chi connectivity index (χ2n) is 2.35. The molecule has 62 valence electrons. The Morgan fingerprint density at radius 3 is 2.20 bits per heavy atom. The number of methoxy groups -OCH3 is 1. The Morgan fingerprint density at radius 2 is 1.80 bits per heavy atom. The summed E-state index contributed by atoms with van der Waals surface area (Å²) in [5, 5.41) is 4.29. The van der Waals surface area contributed by atoms with Gasteiger partial charge in [-0.15, -0.1) is 0 Å². The summed E-state index contributed by atoms with van der Waals surface area (Å²) in [4.78, 5) is 0. The predicted octanol–water partition coefficient (Wildman–Crippen LogP) is 0.431. The molecule has 0 rings (SSSR count). The van der Waals surface area contributed by atoms with E-state index in [9.17, 15) is 0 Å². The lowest BCUT2D eigenvalue weighted by atomic mass is 10.6. The van der Waals surface area contributed by atoms with Gasteiger partial charge in [0.15, 0.2) is 0 Å². The van der Waals surface area contributed by atoms with Gasteiger partial charge >= 0.3 is 0 Å². The van der Waals surface area contributed by atoms with E-state index < -0.39 is 0 Å². The maximum Gasteiger partial charge on any atom is 0.0603 e. The van der Waals surface area contributed by atoms with Crippen LogP contribution in [0.15, 0.2) is 0 Å². The van der Waals surface area contributed by atoms with Gasteiger partial charge in [-0.3, -0.25) is 0 Å². The molecule has 0 heterocycles. The molecule has 0 amide bonds. The van der Waals surface area contributed by atoms with Gasteiger partial charge < -0.3 is 4.74 Å². The summed E-state index contributed by atoms with van der Waals surface area (Å²) in [5.74, 6) is 0. The van der Waals surface area contributed by atoms with Gasteiger partial charge in [-0.2, -0.15) is 0 Å². The van der Waals surface area contributed by atoms with Crippen molar-refractivity contribution in [2.24, 2.45) is 0 Å². The first kappa shape index (κ1) is 9.88. The third-order valence-electron chi connectivity index (χ3n) is 1.66. The van der Waals surface area contributed by atoms with Crippen molar-refractivity contribution in [1.82, 2.24) is 10.0 Å². The van der Waals surface area contributed by atoms with Crippen LogP contribution in [0.1, 0.15) is 6.92 Å². The highest BCUT2D eigenvalue weighted by molar-refractivity contribution is 4.43. The number of likely N-dealkylation sites (N-methyl/N-ethyl adjacent to an activating group) is 1. The fourth-order valence-corrected chi connectivity index (χ4v) is 0.636. The lowest BCUT2D eigenvalue weighted by Crippen LogP contribution is -2.38. The third-order valence-corrected chi connectivity index (χ3v) is 1.66. The molecule has 0 N–H and O–H groups in total. The molecule has 0 aliphatic carbocycles. The number of hydrazine groups is 1. The van der Waals surface area contributed by atoms with Crippen LogP contribution in [0.4, 0.5) is 0 Å². The Labute approximate surface area is 63.5 Å². The van der Waals surface area contributed by atoms with Gasteiger partial charge in [0.2, 0.25) is 0 Å². The van der Waals surface area contributed by atoms with Gasteiger partial charge in [-0.25, -0.2) is 10.0 Å². The second-order valence-corrected chi connectivity index (χ2v) is 2.35. The Bertz CT molecular complexity index is 78.0. The van der Waals surface area contributed by atoms with E-state index in [4.69, 9.17) is 4.74 Å². The van der Waals surface area contributed by atoms with Gasteiger partial charge in [0, 0.05) is 34.3 Å². The van der Waals surface area contributed by atoms with Gasteiger partial charge in [0.05, 0.1) is 6.61 Å². The summed E-state index contributed by atoms with van der Waals surface area (Å²) < 4.78 is 4.94. The molecular weight excluding hydrogens is 128 g/mol. The maximum atomic E-state index is 4.94. The topological polar surface area (TPSA) is 15.7 Å². The highest BCUT2D eigenvalue weighted by atomic mass is 16.5. The van der Waals surface area contributed by atoms with E-state index in [0.717, 1.165) is 19.7 Å². The Hall–Kier alpha value is -0.120. The molecule has 0 spiro atoms. The molecule has 0 aromatic heterocycles. The van der Waals surface area contributed by atoms with Gasteiger partial charge in [0.25, 0.3) is 0 Å². The summed E-state index contributed by atoms with van der Waals surface area (Å²) in [6, 6.07) is 0. The quantitative estimate of drug-likeness (QED) is 0.523. The van der Waals surface area contributed by atoms with Crippen LogP contribution < -0.4 is 0 Å². The van der Waals surface area contributed by atoms with Gasteiger partial charge in [-0.05, 0) is 0 Å².